The maximum absolute atomic E-state index is 13.8. The molecule has 3 aromatic rings. The second-order valence-corrected chi connectivity index (χ2v) is 8.38. The Morgan fingerprint density at radius 3 is 2.40 bits per heavy atom. The van der Waals surface area contributed by atoms with Crippen LogP contribution in [0.5, 0.6) is 0 Å². The van der Waals surface area contributed by atoms with E-state index in [4.69, 9.17) is 11.6 Å². The second kappa shape index (κ2) is 9.06. The molecule has 0 spiro atoms. The van der Waals surface area contributed by atoms with Gasteiger partial charge in [0.15, 0.2) is 0 Å². The lowest BCUT2D eigenvalue weighted by molar-refractivity contribution is 0.0954. The van der Waals surface area contributed by atoms with Crippen LogP contribution in [-0.2, 0) is 10.0 Å². The van der Waals surface area contributed by atoms with Gasteiger partial charge in [0.2, 0.25) is 0 Å². The highest BCUT2D eigenvalue weighted by atomic mass is 35.5. The van der Waals surface area contributed by atoms with Gasteiger partial charge < -0.3 is 0 Å². The number of sulfonamides is 1. The van der Waals surface area contributed by atoms with Gasteiger partial charge in [0.05, 0.1) is 10.6 Å². The van der Waals surface area contributed by atoms with Crippen LogP contribution < -0.4 is 10.1 Å². The molecule has 0 radical (unpaired) electrons. The summed E-state index contributed by atoms with van der Waals surface area (Å²) in [6, 6.07) is 17.7. The lowest BCUT2D eigenvalue weighted by Gasteiger charge is -2.09. The molecule has 0 aliphatic carbocycles. The minimum atomic E-state index is -3.92. The summed E-state index contributed by atoms with van der Waals surface area (Å²) in [6.07, 6.45) is 0. The molecule has 3 aromatic carbocycles. The van der Waals surface area contributed by atoms with Crippen LogP contribution in [0.4, 0.5) is 10.1 Å². The van der Waals surface area contributed by atoms with E-state index in [9.17, 15) is 17.6 Å². The zero-order valence-corrected chi connectivity index (χ0v) is 17.3. The van der Waals surface area contributed by atoms with Crippen molar-refractivity contribution in [1.82, 2.24) is 5.43 Å². The van der Waals surface area contributed by atoms with Crippen molar-refractivity contribution in [3.05, 3.63) is 94.8 Å². The van der Waals surface area contributed by atoms with Crippen molar-refractivity contribution in [2.75, 3.05) is 4.72 Å². The summed E-state index contributed by atoms with van der Waals surface area (Å²) in [5.74, 6) is -1.09. The third-order valence-electron chi connectivity index (χ3n) is 4.09. The number of benzene rings is 3. The first-order valence-corrected chi connectivity index (χ1v) is 10.6. The van der Waals surface area contributed by atoms with Crippen molar-refractivity contribution in [3.63, 3.8) is 0 Å². The molecule has 154 valence electrons. The molecule has 0 aromatic heterocycles. The Labute approximate surface area is 178 Å². The predicted octanol–water partition coefficient (Wildman–Crippen LogP) is 4.43. The van der Waals surface area contributed by atoms with Crippen LogP contribution in [0.3, 0.4) is 0 Å². The highest BCUT2D eigenvalue weighted by Crippen LogP contribution is 2.19. The summed E-state index contributed by atoms with van der Waals surface area (Å²) in [7, 11) is -3.92. The predicted molar refractivity (Wildman–Crippen MR) is 115 cm³/mol. The molecule has 0 unspecified atom stereocenters. The van der Waals surface area contributed by atoms with Crippen LogP contribution in [0.1, 0.15) is 22.8 Å². The quantitative estimate of drug-likeness (QED) is 0.434. The lowest BCUT2D eigenvalue weighted by atomic mass is 10.1. The molecule has 30 heavy (non-hydrogen) atoms. The molecule has 0 saturated carbocycles. The largest absolute Gasteiger partial charge is 0.280 e. The lowest BCUT2D eigenvalue weighted by Crippen LogP contribution is -2.20. The summed E-state index contributed by atoms with van der Waals surface area (Å²) in [4.78, 5) is 12.3. The second-order valence-electron chi connectivity index (χ2n) is 6.26. The monoisotopic (exact) mass is 445 g/mol. The Hall–Kier alpha value is -3.23. The van der Waals surface area contributed by atoms with Gasteiger partial charge in [-0.3, -0.25) is 9.52 Å². The number of carbonyl (C=O) groups is 1. The van der Waals surface area contributed by atoms with Crippen molar-refractivity contribution < 1.29 is 17.6 Å². The van der Waals surface area contributed by atoms with Crippen molar-refractivity contribution in [3.8, 4) is 0 Å². The molecule has 0 saturated heterocycles. The summed E-state index contributed by atoms with van der Waals surface area (Å²) in [6.45, 7) is 1.55. The number of rotatable bonds is 6. The van der Waals surface area contributed by atoms with E-state index in [1.54, 1.807) is 31.2 Å². The number of amides is 1. The molecule has 3 rings (SSSR count). The van der Waals surface area contributed by atoms with E-state index in [1.165, 1.54) is 48.5 Å². The first-order valence-electron chi connectivity index (χ1n) is 8.74. The van der Waals surface area contributed by atoms with E-state index in [2.05, 4.69) is 15.2 Å². The molecular formula is C21H17ClFN3O3S. The summed E-state index contributed by atoms with van der Waals surface area (Å²) in [5, 5.41) is 4.37. The van der Waals surface area contributed by atoms with Gasteiger partial charge in [-0.05, 0) is 55.5 Å². The molecule has 0 aliphatic rings. The normalized spacial score (nSPS) is 11.8. The average Bonchev–Trinajstić information content (AvgIpc) is 2.73. The molecule has 6 nitrogen and oxygen atoms in total. The molecule has 0 bridgehead atoms. The van der Waals surface area contributed by atoms with Crippen molar-refractivity contribution in [1.29, 1.82) is 0 Å². The van der Waals surface area contributed by atoms with E-state index in [1.807, 2.05) is 0 Å². The minimum absolute atomic E-state index is 0.0825. The maximum atomic E-state index is 13.8. The molecule has 2 N–H and O–H groups in total. The third kappa shape index (κ3) is 5.22. The van der Waals surface area contributed by atoms with Crippen molar-refractivity contribution in [2.45, 2.75) is 11.8 Å². The van der Waals surface area contributed by atoms with Gasteiger partial charge in [-0.15, -0.1) is 0 Å². The van der Waals surface area contributed by atoms with Gasteiger partial charge >= 0.3 is 0 Å². The SMILES string of the molecule is C/C(=N\NC(=O)c1cccc(S(=O)(=O)Nc2ccc(Cl)cc2)c1)c1ccccc1F. The van der Waals surface area contributed by atoms with E-state index >= 15 is 0 Å². The molecule has 0 aliphatic heterocycles. The minimum Gasteiger partial charge on any atom is -0.280 e. The highest BCUT2D eigenvalue weighted by Gasteiger charge is 2.17. The number of carbonyl (C=O) groups excluding carboxylic acids is 1. The fraction of sp³-hybridized carbons (Fsp3) is 0.0476. The molecule has 0 atom stereocenters. The molecular weight excluding hydrogens is 429 g/mol. The molecule has 0 heterocycles. The van der Waals surface area contributed by atoms with Crippen LogP contribution >= 0.6 is 11.6 Å². The molecule has 1 amide bonds. The van der Waals surface area contributed by atoms with Gasteiger partial charge in [-0.1, -0.05) is 35.9 Å². The number of halogens is 2. The third-order valence-corrected chi connectivity index (χ3v) is 5.72. The highest BCUT2D eigenvalue weighted by molar-refractivity contribution is 7.92. The number of hydrogen-bond acceptors (Lipinski definition) is 4. The number of nitrogens with one attached hydrogen (secondary N) is 2. The van der Waals surface area contributed by atoms with E-state index in [0.29, 0.717) is 10.7 Å². The van der Waals surface area contributed by atoms with Gasteiger partial charge in [0.25, 0.3) is 15.9 Å². The van der Waals surface area contributed by atoms with Crippen LogP contribution in [0.15, 0.2) is 82.8 Å². The average molecular weight is 446 g/mol. The Morgan fingerprint density at radius 1 is 1.00 bits per heavy atom. The molecule has 9 heteroatoms. The first kappa shape index (κ1) is 21.5. The molecule has 0 fully saturated rings. The fourth-order valence-electron chi connectivity index (χ4n) is 2.55. The van der Waals surface area contributed by atoms with E-state index < -0.39 is 21.7 Å². The van der Waals surface area contributed by atoms with Crippen LogP contribution in [0.2, 0.25) is 5.02 Å². The van der Waals surface area contributed by atoms with Crippen LogP contribution in [0.25, 0.3) is 0 Å². The number of anilines is 1. The topological polar surface area (TPSA) is 87.6 Å². The van der Waals surface area contributed by atoms with E-state index in [-0.39, 0.29) is 21.7 Å². The first-order chi connectivity index (χ1) is 14.3. The van der Waals surface area contributed by atoms with Gasteiger partial charge in [-0.25, -0.2) is 18.2 Å². The van der Waals surface area contributed by atoms with E-state index in [0.717, 1.165) is 0 Å². The Balaban J connectivity index is 1.77. The zero-order valence-electron chi connectivity index (χ0n) is 15.8. The zero-order chi connectivity index (χ0) is 21.7. The Bertz CT molecular complexity index is 1210. The smallest absolute Gasteiger partial charge is 0.271 e. The number of nitrogens with zero attached hydrogens (tertiary/aromatic N) is 1. The summed E-state index contributed by atoms with van der Waals surface area (Å²) < 4.78 is 41.4. The van der Waals surface area contributed by atoms with Gasteiger partial charge in [-0.2, -0.15) is 5.10 Å². The van der Waals surface area contributed by atoms with Gasteiger partial charge in [0, 0.05) is 21.8 Å². The van der Waals surface area contributed by atoms with Crippen molar-refractivity contribution >= 4 is 38.9 Å². The van der Waals surface area contributed by atoms with Crippen molar-refractivity contribution in [2.24, 2.45) is 5.10 Å². The van der Waals surface area contributed by atoms with Crippen LogP contribution in [0, 0.1) is 5.82 Å². The summed E-state index contributed by atoms with van der Waals surface area (Å²) >= 11 is 5.80. The maximum Gasteiger partial charge on any atom is 0.271 e. The standard InChI is InChI=1S/C21H17ClFN3O3S/c1-14(19-7-2-3-8-20(19)23)24-25-21(27)15-5-4-6-18(13-15)30(28,29)26-17-11-9-16(22)10-12-17/h2-13,26H,1H3,(H,25,27)/b24-14+. The Morgan fingerprint density at radius 2 is 1.70 bits per heavy atom. The van der Waals surface area contributed by atoms with Crippen LogP contribution in [-0.4, -0.2) is 20.0 Å². The Kier molecular flexibility index (Phi) is 6.49. The van der Waals surface area contributed by atoms with Gasteiger partial charge in [0.1, 0.15) is 5.82 Å². The summed E-state index contributed by atoms with van der Waals surface area (Å²) in [5.41, 5.74) is 3.25. The number of hydrazone groups is 1. The fourth-order valence-corrected chi connectivity index (χ4v) is 3.78. The number of hydrogen-bond donors (Lipinski definition) is 2.